The molecule has 0 spiro atoms. The van der Waals surface area contributed by atoms with Crippen molar-refractivity contribution in [3.05, 3.63) is 69.9 Å². The van der Waals surface area contributed by atoms with Crippen LogP contribution >= 0.6 is 11.6 Å². The second-order valence-corrected chi connectivity index (χ2v) is 6.30. The number of halogens is 1. The van der Waals surface area contributed by atoms with Gasteiger partial charge in [-0.2, -0.15) is 0 Å². The van der Waals surface area contributed by atoms with Crippen molar-refractivity contribution >= 4 is 40.8 Å². The predicted molar refractivity (Wildman–Crippen MR) is 95.7 cm³/mol. The Balaban J connectivity index is 1.96. The average molecular weight is 370 g/mol. The zero-order valence-corrected chi connectivity index (χ0v) is 14.8. The van der Waals surface area contributed by atoms with E-state index in [-0.39, 0.29) is 16.3 Å². The van der Waals surface area contributed by atoms with Gasteiger partial charge < -0.3 is 15.2 Å². The Labute approximate surface area is 154 Å². The third-order valence-corrected chi connectivity index (χ3v) is 4.35. The first-order chi connectivity index (χ1) is 12.3. The van der Waals surface area contributed by atoms with Gasteiger partial charge in [0.25, 0.3) is 11.8 Å². The molecule has 0 fully saturated rings. The molecule has 0 aromatic heterocycles. The zero-order chi connectivity index (χ0) is 19.0. The number of nitrogens with one attached hydrogen (secondary N) is 1. The first-order valence-corrected chi connectivity index (χ1v) is 8.11. The Bertz CT molecular complexity index is 981. The Morgan fingerprint density at radius 1 is 1.08 bits per heavy atom. The molecule has 0 radical (unpaired) electrons. The van der Waals surface area contributed by atoms with Crippen LogP contribution in [0.15, 0.2) is 53.2 Å². The van der Waals surface area contributed by atoms with E-state index < -0.39 is 17.8 Å². The molecule has 6 nitrogen and oxygen atoms in total. The predicted octanol–water partition coefficient (Wildman–Crippen LogP) is 2.10. The molecule has 0 saturated heterocycles. The minimum absolute atomic E-state index is 0.0603. The number of benzene rings is 2. The third-order valence-electron chi connectivity index (χ3n) is 4.00. The van der Waals surface area contributed by atoms with Crippen molar-refractivity contribution in [1.82, 2.24) is 0 Å². The number of amides is 2. The van der Waals surface area contributed by atoms with Crippen LogP contribution in [0.3, 0.4) is 0 Å². The SMILES string of the molecule is Cc1ccc(C)c(N2C(=O)C(Cl)=C(Nc3cccc(C(=O)[O-])c3)C2=O)c1. The van der Waals surface area contributed by atoms with Crippen molar-refractivity contribution in [3.8, 4) is 0 Å². The average Bonchev–Trinajstić information content (AvgIpc) is 2.81. The lowest BCUT2D eigenvalue weighted by Crippen LogP contribution is -2.33. The van der Waals surface area contributed by atoms with E-state index in [1.165, 1.54) is 18.2 Å². The number of carboxylic acids is 1. The van der Waals surface area contributed by atoms with E-state index >= 15 is 0 Å². The summed E-state index contributed by atoms with van der Waals surface area (Å²) in [6, 6.07) is 11.1. The minimum atomic E-state index is -1.35. The molecule has 2 amide bonds. The monoisotopic (exact) mass is 369 g/mol. The van der Waals surface area contributed by atoms with E-state index in [9.17, 15) is 19.5 Å². The van der Waals surface area contributed by atoms with Gasteiger partial charge >= 0.3 is 0 Å². The van der Waals surface area contributed by atoms with E-state index in [1.54, 1.807) is 19.1 Å². The molecular weight excluding hydrogens is 356 g/mol. The number of aryl methyl sites for hydroxylation is 2. The summed E-state index contributed by atoms with van der Waals surface area (Å²) in [5.41, 5.74) is 2.25. The second-order valence-electron chi connectivity index (χ2n) is 5.92. The van der Waals surface area contributed by atoms with Gasteiger partial charge in [0, 0.05) is 5.69 Å². The van der Waals surface area contributed by atoms with Crippen LogP contribution in [0.4, 0.5) is 11.4 Å². The fourth-order valence-corrected chi connectivity index (χ4v) is 2.87. The molecule has 1 N–H and O–H groups in total. The molecule has 7 heteroatoms. The van der Waals surface area contributed by atoms with Crippen LogP contribution in [0.1, 0.15) is 21.5 Å². The van der Waals surface area contributed by atoms with Crippen molar-refractivity contribution in [2.75, 3.05) is 10.2 Å². The van der Waals surface area contributed by atoms with Gasteiger partial charge in [-0.3, -0.25) is 9.59 Å². The summed E-state index contributed by atoms with van der Waals surface area (Å²) in [4.78, 5) is 37.3. The Kier molecular flexibility index (Phi) is 4.52. The maximum absolute atomic E-state index is 12.8. The summed E-state index contributed by atoms with van der Waals surface area (Å²) in [5.74, 6) is -2.59. The number of aromatic carboxylic acids is 1. The Hall–Kier alpha value is -3.12. The van der Waals surface area contributed by atoms with Crippen LogP contribution in [-0.2, 0) is 9.59 Å². The highest BCUT2D eigenvalue weighted by Gasteiger charge is 2.39. The molecule has 2 aromatic carbocycles. The number of carbonyl (C=O) groups is 3. The van der Waals surface area contributed by atoms with Crippen molar-refractivity contribution in [2.24, 2.45) is 0 Å². The highest BCUT2D eigenvalue weighted by molar-refractivity contribution is 6.53. The molecule has 0 bridgehead atoms. The molecule has 1 heterocycles. The Morgan fingerprint density at radius 3 is 2.50 bits per heavy atom. The van der Waals surface area contributed by atoms with Crippen molar-refractivity contribution in [1.29, 1.82) is 0 Å². The first-order valence-electron chi connectivity index (χ1n) is 7.74. The van der Waals surface area contributed by atoms with Crippen LogP contribution in [0.2, 0.25) is 0 Å². The van der Waals surface area contributed by atoms with Crippen LogP contribution in [0, 0.1) is 13.8 Å². The summed E-state index contributed by atoms with van der Waals surface area (Å²) in [6.45, 7) is 3.64. The number of anilines is 2. The normalized spacial score (nSPS) is 14.2. The second kappa shape index (κ2) is 6.65. The minimum Gasteiger partial charge on any atom is -0.545 e. The number of nitrogens with zero attached hydrogens (tertiary/aromatic N) is 1. The van der Waals surface area contributed by atoms with Gasteiger partial charge in [-0.25, -0.2) is 4.90 Å². The molecule has 132 valence electrons. The number of carboxylic acid groups (broad SMARTS) is 1. The van der Waals surface area contributed by atoms with Crippen LogP contribution in [0.25, 0.3) is 0 Å². The summed E-state index contributed by atoms with van der Waals surface area (Å²) in [5, 5.41) is 13.5. The fraction of sp³-hybridized carbons (Fsp3) is 0.105. The van der Waals surface area contributed by atoms with Gasteiger partial charge in [0.2, 0.25) is 0 Å². The van der Waals surface area contributed by atoms with Crippen LogP contribution < -0.4 is 15.3 Å². The molecule has 1 aliphatic heterocycles. The van der Waals surface area contributed by atoms with Gasteiger partial charge in [-0.15, -0.1) is 0 Å². The van der Waals surface area contributed by atoms with Crippen LogP contribution in [0.5, 0.6) is 0 Å². The standard InChI is InChI=1S/C19H15ClN2O4/c1-10-6-7-11(2)14(8-10)22-17(23)15(20)16(18(22)24)21-13-5-3-4-12(9-13)19(25)26/h3-9,21H,1-2H3,(H,25,26)/p-1. The lowest BCUT2D eigenvalue weighted by molar-refractivity contribution is -0.255. The van der Waals surface area contributed by atoms with Crippen molar-refractivity contribution in [3.63, 3.8) is 0 Å². The number of hydrogen-bond acceptors (Lipinski definition) is 5. The summed E-state index contributed by atoms with van der Waals surface area (Å²) >= 11 is 6.09. The van der Waals surface area contributed by atoms with Crippen molar-refractivity contribution < 1.29 is 19.5 Å². The molecule has 0 atom stereocenters. The molecule has 1 aliphatic rings. The summed E-state index contributed by atoms with van der Waals surface area (Å²) in [7, 11) is 0. The number of imide groups is 1. The molecular formula is C19H14ClN2O4-. The summed E-state index contributed by atoms with van der Waals surface area (Å²) in [6.07, 6.45) is 0. The number of hydrogen-bond donors (Lipinski definition) is 1. The van der Waals surface area contributed by atoms with Crippen molar-refractivity contribution in [2.45, 2.75) is 13.8 Å². The first kappa shape index (κ1) is 17.7. The van der Waals surface area contributed by atoms with Gasteiger partial charge in [0.15, 0.2) is 0 Å². The maximum atomic E-state index is 12.8. The summed E-state index contributed by atoms with van der Waals surface area (Å²) < 4.78 is 0. The van der Waals surface area contributed by atoms with E-state index in [1.807, 2.05) is 19.1 Å². The number of rotatable bonds is 4. The van der Waals surface area contributed by atoms with E-state index in [4.69, 9.17) is 11.6 Å². The van der Waals surface area contributed by atoms with Gasteiger partial charge in [0.1, 0.15) is 10.7 Å². The van der Waals surface area contributed by atoms with Crippen LogP contribution in [-0.4, -0.2) is 17.8 Å². The van der Waals surface area contributed by atoms with E-state index in [0.29, 0.717) is 11.4 Å². The van der Waals surface area contributed by atoms with Gasteiger partial charge in [-0.1, -0.05) is 35.9 Å². The molecule has 0 unspecified atom stereocenters. The topological polar surface area (TPSA) is 89.5 Å². The highest BCUT2D eigenvalue weighted by atomic mass is 35.5. The number of carbonyl (C=O) groups excluding carboxylic acids is 3. The molecule has 0 aliphatic carbocycles. The maximum Gasteiger partial charge on any atom is 0.283 e. The van der Waals surface area contributed by atoms with E-state index in [0.717, 1.165) is 16.0 Å². The molecule has 0 saturated carbocycles. The molecule has 3 rings (SSSR count). The lowest BCUT2D eigenvalue weighted by Gasteiger charge is -2.18. The quantitative estimate of drug-likeness (QED) is 0.833. The lowest BCUT2D eigenvalue weighted by atomic mass is 10.1. The zero-order valence-electron chi connectivity index (χ0n) is 14.0. The smallest absolute Gasteiger partial charge is 0.283 e. The van der Waals surface area contributed by atoms with E-state index in [2.05, 4.69) is 5.32 Å². The molecule has 2 aromatic rings. The molecule has 26 heavy (non-hydrogen) atoms. The Morgan fingerprint density at radius 2 is 1.81 bits per heavy atom. The largest absolute Gasteiger partial charge is 0.545 e. The third kappa shape index (κ3) is 3.07. The van der Waals surface area contributed by atoms with Gasteiger partial charge in [0.05, 0.1) is 11.7 Å². The fourth-order valence-electron chi connectivity index (χ4n) is 2.66. The highest BCUT2D eigenvalue weighted by Crippen LogP contribution is 2.32. The van der Waals surface area contributed by atoms with Gasteiger partial charge in [-0.05, 0) is 48.7 Å².